The first-order valence-electron chi connectivity index (χ1n) is 8.43. The highest BCUT2D eigenvalue weighted by atomic mass is 35.5. The molecule has 0 bridgehead atoms. The number of amides is 2. The summed E-state index contributed by atoms with van der Waals surface area (Å²) in [5.74, 6) is -1.06. The van der Waals surface area contributed by atoms with Crippen LogP contribution in [0.5, 0.6) is 0 Å². The summed E-state index contributed by atoms with van der Waals surface area (Å²) in [4.78, 5) is 37.4. The van der Waals surface area contributed by atoms with Gasteiger partial charge in [0.2, 0.25) is 11.8 Å². The molecule has 1 N–H and O–H groups in total. The minimum atomic E-state index is -0.422. The molecule has 7 heteroatoms. The van der Waals surface area contributed by atoms with E-state index < -0.39 is 5.97 Å². The maximum absolute atomic E-state index is 12.4. The highest BCUT2D eigenvalue weighted by Crippen LogP contribution is 2.26. The second-order valence-electron chi connectivity index (χ2n) is 5.84. The molecule has 2 aromatic carbocycles. The van der Waals surface area contributed by atoms with Gasteiger partial charge in [0.05, 0.1) is 12.2 Å². The van der Waals surface area contributed by atoms with Crippen LogP contribution in [-0.2, 0) is 14.3 Å². The predicted octanol–water partition coefficient (Wildman–Crippen LogP) is 3.82. The molecule has 2 amide bonds. The third-order valence-electron chi connectivity index (χ3n) is 3.89. The van der Waals surface area contributed by atoms with Gasteiger partial charge in [-0.15, -0.1) is 0 Å². The number of halogens is 1. The Morgan fingerprint density at radius 2 is 1.78 bits per heavy atom. The summed E-state index contributed by atoms with van der Waals surface area (Å²) < 4.78 is 4.92. The van der Waals surface area contributed by atoms with Crippen LogP contribution in [0.2, 0.25) is 5.02 Å². The van der Waals surface area contributed by atoms with Crippen LogP contribution in [0.4, 0.5) is 11.4 Å². The van der Waals surface area contributed by atoms with Gasteiger partial charge in [-0.2, -0.15) is 0 Å². The molecule has 0 saturated carbocycles. The van der Waals surface area contributed by atoms with Crippen molar-refractivity contribution in [2.45, 2.75) is 20.8 Å². The van der Waals surface area contributed by atoms with Gasteiger partial charge in [-0.05, 0) is 55.8 Å². The molecule has 0 aliphatic heterocycles. The van der Waals surface area contributed by atoms with Crippen LogP contribution in [0.15, 0.2) is 42.5 Å². The minimum absolute atomic E-state index is 0.157. The van der Waals surface area contributed by atoms with Crippen molar-refractivity contribution < 1.29 is 19.1 Å². The van der Waals surface area contributed by atoms with Crippen molar-refractivity contribution in [2.24, 2.45) is 0 Å². The van der Waals surface area contributed by atoms with Crippen molar-refractivity contribution in [1.29, 1.82) is 0 Å². The van der Waals surface area contributed by atoms with Crippen LogP contribution in [0.1, 0.15) is 29.8 Å². The molecule has 0 aliphatic rings. The molecule has 0 aliphatic carbocycles. The number of nitrogens with one attached hydrogen (secondary N) is 1. The Kier molecular flexibility index (Phi) is 6.96. The first-order chi connectivity index (χ1) is 12.8. The average Bonchev–Trinajstić information content (AvgIpc) is 2.63. The van der Waals surface area contributed by atoms with Crippen molar-refractivity contribution in [3.63, 3.8) is 0 Å². The summed E-state index contributed by atoms with van der Waals surface area (Å²) in [6.07, 6.45) is 0. The third kappa shape index (κ3) is 5.31. The zero-order valence-corrected chi connectivity index (χ0v) is 16.2. The molecule has 0 aromatic heterocycles. The van der Waals surface area contributed by atoms with Crippen LogP contribution < -0.4 is 10.2 Å². The fourth-order valence-electron chi connectivity index (χ4n) is 2.50. The molecule has 2 rings (SSSR count). The molecule has 6 nitrogen and oxygen atoms in total. The molecule has 0 radical (unpaired) electrons. The first kappa shape index (κ1) is 20.5. The Morgan fingerprint density at radius 1 is 1.11 bits per heavy atom. The summed E-state index contributed by atoms with van der Waals surface area (Å²) >= 11 is 6.12. The summed E-state index contributed by atoms with van der Waals surface area (Å²) in [7, 11) is 0. The number of esters is 1. The SMILES string of the molecule is CCOC(=O)c1ccc(NC(=O)CN(C(C)=O)c2cccc(Cl)c2C)cc1. The van der Waals surface area contributed by atoms with Crippen molar-refractivity contribution in [2.75, 3.05) is 23.4 Å². The van der Waals surface area contributed by atoms with Gasteiger partial charge in [0, 0.05) is 23.3 Å². The molecular formula is C20H21ClN2O4. The molecule has 142 valence electrons. The number of anilines is 2. The molecule has 27 heavy (non-hydrogen) atoms. The molecule has 0 spiro atoms. The smallest absolute Gasteiger partial charge is 0.338 e. The maximum Gasteiger partial charge on any atom is 0.338 e. The number of carbonyl (C=O) groups is 3. The molecular weight excluding hydrogens is 368 g/mol. The van der Waals surface area contributed by atoms with Crippen molar-refractivity contribution >= 4 is 40.8 Å². The van der Waals surface area contributed by atoms with E-state index in [-0.39, 0.29) is 18.4 Å². The van der Waals surface area contributed by atoms with E-state index >= 15 is 0 Å². The third-order valence-corrected chi connectivity index (χ3v) is 4.30. The highest BCUT2D eigenvalue weighted by molar-refractivity contribution is 6.31. The van der Waals surface area contributed by atoms with E-state index in [0.29, 0.717) is 28.6 Å². The molecule has 2 aromatic rings. The summed E-state index contributed by atoms with van der Waals surface area (Å²) in [5, 5.41) is 3.23. The van der Waals surface area contributed by atoms with E-state index in [4.69, 9.17) is 16.3 Å². The first-order valence-corrected chi connectivity index (χ1v) is 8.81. The minimum Gasteiger partial charge on any atom is -0.462 e. The summed E-state index contributed by atoms with van der Waals surface area (Å²) in [6, 6.07) is 11.5. The second-order valence-corrected chi connectivity index (χ2v) is 6.24. The maximum atomic E-state index is 12.4. The van der Waals surface area contributed by atoms with Crippen LogP contribution >= 0.6 is 11.6 Å². The van der Waals surface area contributed by atoms with E-state index in [1.807, 2.05) is 0 Å². The van der Waals surface area contributed by atoms with E-state index in [1.165, 1.54) is 11.8 Å². The lowest BCUT2D eigenvalue weighted by molar-refractivity contribution is -0.120. The van der Waals surface area contributed by atoms with Gasteiger partial charge in [0.15, 0.2) is 0 Å². The van der Waals surface area contributed by atoms with Crippen LogP contribution in [0.25, 0.3) is 0 Å². The lowest BCUT2D eigenvalue weighted by Crippen LogP contribution is -2.37. The fraction of sp³-hybridized carbons (Fsp3) is 0.250. The number of ether oxygens (including phenoxy) is 1. The fourth-order valence-corrected chi connectivity index (χ4v) is 2.67. The monoisotopic (exact) mass is 388 g/mol. The molecule has 0 heterocycles. The molecule has 0 fully saturated rings. The second kappa shape index (κ2) is 9.19. The lowest BCUT2D eigenvalue weighted by atomic mass is 10.1. The van der Waals surface area contributed by atoms with Gasteiger partial charge in [-0.1, -0.05) is 17.7 Å². The predicted molar refractivity (Wildman–Crippen MR) is 105 cm³/mol. The normalized spacial score (nSPS) is 10.2. The number of hydrogen-bond acceptors (Lipinski definition) is 4. The topological polar surface area (TPSA) is 75.7 Å². The van der Waals surface area contributed by atoms with Crippen molar-refractivity contribution in [3.8, 4) is 0 Å². The van der Waals surface area contributed by atoms with Gasteiger partial charge in [0.25, 0.3) is 0 Å². The Balaban J connectivity index is 2.09. The number of nitrogens with zero attached hydrogens (tertiary/aromatic N) is 1. The van der Waals surface area contributed by atoms with Crippen molar-refractivity contribution in [3.05, 3.63) is 58.6 Å². The highest BCUT2D eigenvalue weighted by Gasteiger charge is 2.18. The standard InChI is InChI=1S/C20H21ClN2O4/c1-4-27-20(26)15-8-10-16(11-9-15)22-19(25)12-23(14(3)24)18-7-5-6-17(21)13(18)2/h5-11H,4,12H2,1-3H3,(H,22,25). The lowest BCUT2D eigenvalue weighted by Gasteiger charge is -2.23. The largest absolute Gasteiger partial charge is 0.462 e. The van der Waals surface area contributed by atoms with Crippen LogP contribution in [0, 0.1) is 6.92 Å². The van der Waals surface area contributed by atoms with Gasteiger partial charge in [0.1, 0.15) is 6.54 Å². The number of carbonyl (C=O) groups excluding carboxylic acids is 3. The van der Waals surface area contributed by atoms with Gasteiger partial charge in [-0.25, -0.2) is 4.79 Å². The summed E-state index contributed by atoms with van der Waals surface area (Å²) in [6.45, 7) is 5.05. The zero-order valence-electron chi connectivity index (χ0n) is 15.4. The Hall–Kier alpha value is -2.86. The van der Waals surface area contributed by atoms with Crippen LogP contribution in [-0.4, -0.2) is 30.9 Å². The summed E-state index contributed by atoms with van der Waals surface area (Å²) in [5.41, 5.74) is 2.22. The number of rotatable bonds is 6. The number of benzene rings is 2. The quantitative estimate of drug-likeness (QED) is 0.763. The average molecular weight is 389 g/mol. The van der Waals surface area contributed by atoms with E-state index in [1.54, 1.807) is 56.3 Å². The van der Waals surface area contributed by atoms with Crippen molar-refractivity contribution in [1.82, 2.24) is 0 Å². The molecule has 0 atom stereocenters. The Morgan fingerprint density at radius 3 is 2.37 bits per heavy atom. The molecule has 0 unspecified atom stereocenters. The van der Waals surface area contributed by atoms with E-state index in [2.05, 4.69) is 5.32 Å². The van der Waals surface area contributed by atoms with Gasteiger partial charge in [-0.3, -0.25) is 9.59 Å². The van der Waals surface area contributed by atoms with Crippen LogP contribution in [0.3, 0.4) is 0 Å². The Bertz CT molecular complexity index is 850. The number of hydrogen-bond donors (Lipinski definition) is 1. The van der Waals surface area contributed by atoms with Gasteiger partial charge >= 0.3 is 5.97 Å². The van der Waals surface area contributed by atoms with Gasteiger partial charge < -0.3 is 15.0 Å². The van der Waals surface area contributed by atoms with E-state index in [0.717, 1.165) is 5.56 Å². The molecule has 0 saturated heterocycles. The van der Waals surface area contributed by atoms with E-state index in [9.17, 15) is 14.4 Å². The Labute approximate surface area is 163 Å². The zero-order chi connectivity index (χ0) is 20.0.